The second-order valence-electron chi connectivity index (χ2n) is 6.38. The standard InChI is InChI=1S/C18H23ClN4OS/c1-18(24,16-3-2-12-25-16)13-21-17(20)23-10-8-22(9-11-23)15-6-4-14(19)5-7-15/h2-7,12,24H,8-11,13H2,1H3,(H2,20,21). The van der Waals surface area contributed by atoms with Crippen molar-refractivity contribution in [2.24, 2.45) is 10.7 Å². The number of nitrogens with zero attached hydrogens (tertiary/aromatic N) is 3. The number of guanidine groups is 1. The van der Waals surface area contributed by atoms with Crippen LogP contribution in [0.3, 0.4) is 0 Å². The summed E-state index contributed by atoms with van der Waals surface area (Å²) in [7, 11) is 0. The highest BCUT2D eigenvalue weighted by Crippen LogP contribution is 2.25. The Hall–Kier alpha value is -1.76. The second kappa shape index (κ2) is 7.64. The molecule has 2 heterocycles. The zero-order chi connectivity index (χ0) is 17.9. The van der Waals surface area contributed by atoms with Gasteiger partial charge in [0.1, 0.15) is 5.60 Å². The van der Waals surface area contributed by atoms with Gasteiger partial charge in [0.2, 0.25) is 0 Å². The maximum Gasteiger partial charge on any atom is 0.191 e. The zero-order valence-electron chi connectivity index (χ0n) is 14.2. The Bertz CT molecular complexity index is 707. The fraction of sp³-hybridized carbons (Fsp3) is 0.389. The molecule has 1 aromatic heterocycles. The molecule has 1 fully saturated rings. The third-order valence-electron chi connectivity index (χ3n) is 4.40. The maximum absolute atomic E-state index is 10.5. The second-order valence-corrected chi connectivity index (χ2v) is 7.76. The summed E-state index contributed by atoms with van der Waals surface area (Å²) >= 11 is 7.47. The largest absolute Gasteiger partial charge is 0.383 e. The van der Waals surface area contributed by atoms with E-state index in [4.69, 9.17) is 17.3 Å². The summed E-state index contributed by atoms with van der Waals surface area (Å²) in [4.78, 5) is 9.70. The van der Waals surface area contributed by atoms with Gasteiger partial charge in [-0.25, -0.2) is 4.99 Å². The minimum atomic E-state index is -0.982. The Morgan fingerprint density at radius 3 is 2.52 bits per heavy atom. The predicted octanol–water partition coefficient (Wildman–Crippen LogP) is 2.75. The Morgan fingerprint density at radius 2 is 1.92 bits per heavy atom. The number of piperazine rings is 1. The Morgan fingerprint density at radius 1 is 1.24 bits per heavy atom. The van der Waals surface area contributed by atoms with Gasteiger partial charge in [0, 0.05) is 41.8 Å². The number of hydrogen-bond acceptors (Lipinski definition) is 4. The smallest absolute Gasteiger partial charge is 0.191 e. The molecular weight excluding hydrogens is 356 g/mol. The maximum atomic E-state index is 10.5. The molecule has 3 rings (SSSR count). The monoisotopic (exact) mass is 378 g/mol. The highest BCUT2D eigenvalue weighted by Gasteiger charge is 2.25. The molecule has 1 atom stereocenters. The van der Waals surface area contributed by atoms with Crippen molar-refractivity contribution in [3.8, 4) is 0 Å². The number of rotatable bonds is 4. The first-order valence-corrected chi connectivity index (χ1v) is 9.53. The number of benzene rings is 1. The van der Waals surface area contributed by atoms with E-state index in [9.17, 15) is 5.11 Å². The molecule has 2 aromatic rings. The average Bonchev–Trinajstić information content (AvgIpc) is 3.16. The number of nitrogens with two attached hydrogens (primary N) is 1. The van der Waals surface area contributed by atoms with Crippen LogP contribution < -0.4 is 10.6 Å². The Labute approximate surface area is 157 Å². The molecular formula is C18H23ClN4OS. The summed E-state index contributed by atoms with van der Waals surface area (Å²) in [6.07, 6.45) is 0. The lowest BCUT2D eigenvalue weighted by Gasteiger charge is -2.36. The Balaban J connectivity index is 1.56. The van der Waals surface area contributed by atoms with Crippen molar-refractivity contribution in [1.82, 2.24) is 4.90 Å². The van der Waals surface area contributed by atoms with Crippen molar-refractivity contribution < 1.29 is 5.11 Å². The molecule has 134 valence electrons. The summed E-state index contributed by atoms with van der Waals surface area (Å²) in [5.41, 5.74) is 6.33. The van der Waals surface area contributed by atoms with Gasteiger partial charge in [-0.05, 0) is 42.6 Å². The van der Waals surface area contributed by atoms with Gasteiger partial charge in [0.25, 0.3) is 0 Å². The molecule has 5 nitrogen and oxygen atoms in total. The van der Waals surface area contributed by atoms with Crippen LogP contribution in [0.4, 0.5) is 5.69 Å². The molecule has 0 amide bonds. The Kier molecular flexibility index (Phi) is 5.51. The lowest BCUT2D eigenvalue weighted by atomic mass is 10.1. The van der Waals surface area contributed by atoms with E-state index in [0.29, 0.717) is 5.96 Å². The number of anilines is 1. The van der Waals surface area contributed by atoms with Gasteiger partial charge >= 0.3 is 0 Å². The quantitative estimate of drug-likeness (QED) is 0.634. The summed E-state index contributed by atoms with van der Waals surface area (Å²) < 4.78 is 0. The van der Waals surface area contributed by atoms with Crippen molar-refractivity contribution >= 4 is 34.6 Å². The van der Waals surface area contributed by atoms with Crippen molar-refractivity contribution in [1.29, 1.82) is 0 Å². The van der Waals surface area contributed by atoms with Crippen LogP contribution in [-0.2, 0) is 5.60 Å². The van der Waals surface area contributed by atoms with E-state index in [-0.39, 0.29) is 6.54 Å². The minimum absolute atomic E-state index is 0.261. The number of aliphatic imine (C=N–C) groups is 1. The van der Waals surface area contributed by atoms with Gasteiger partial charge in [0.15, 0.2) is 5.96 Å². The van der Waals surface area contributed by atoms with Gasteiger partial charge in [-0.15, -0.1) is 11.3 Å². The fourth-order valence-corrected chi connectivity index (χ4v) is 3.75. The molecule has 25 heavy (non-hydrogen) atoms. The number of aliphatic hydroxyl groups is 1. The van der Waals surface area contributed by atoms with Crippen molar-refractivity contribution in [2.45, 2.75) is 12.5 Å². The van der Waals surface area contributed by atoms with Crippen LogP contribution in [0, 0.1) is 0 Å². The van der Waals surface area contributed by atoms with E-state index in [1.54, 1.807) is 6.92 Å². The van der Waals surface area contributed by atoms with Crippen molar-refractivity contribution in [3.05, 3.63) is 51.7 Å². The third-order valence-corrected chi connectivity index (χ3v) is 5.77. The van der Waals surface area contributed by atoms with Gasteiger partial charge in [0.05, 0.1) is 6.54 Å². The van der Waals surface area contributed by atoms with Crippen LogP contribution in [0.5, 0.6) is 0 Å². The van der Waals surface area contributed by atoms with E-state index in [1.807, 2.05) is 41.8 Å². The van der Waals surface area contributed by atoms with E-state index in [2.05, 4.69) is 14.8 Å². The number of thiophene rings is 1. The number of hydrogen-bond donors (Lipinski definition) is 2. The normalized spacial score (nSPS) is 18.3. The van der Waals surface area contributed by atoms with Crippen molar-refractivity contribution in [2.75, 3.05) is 37.6 Å². The van der Waals surface area contributed by atoms with Gasteiger partial charge in [-0.1, -0.05) is 17.7 Å². The molecule has 1 saturated heterocycles. The highest BCUT2D eigenvalue weighted by atomic mass is 35.5. The molecule has 7 heteroatoms. The molecule has 0 aliphatic carbocycles. The van der Waals surface area contributed by atoms with Gasteiger partial charge in [-0.3, -0.25) is 0 Å². The lowest BCUT2D eigenvalue weighted by molar-refractivity contribution is 0.0709. The van der Waals surface area contributed by atoms with Crippen LogP contribution in [0.2, 0.25) is 5.02 Å². The van der Waals surface area contributed by atoms with E-state index < -0.39 is 5.60 Å². The van der Waals surface area contributed by atoms with Gasteiger partial charge in [-0.2, -0.15) is 0 Å². The summed E-state index contributed by atoms with van der Waals surface area (Å²) in [5.74, 6) is 0.493. The first kappa shape index (κ1) is 18.0. The molecule has 0 radical (unpaired) electrons. The van der Waals surface area contributed by atoms with Gasteiger partial charge < -0.3 is 20.6 Å². The van der Waals surface area contributed by atoms with Crippen LogP contribution >= 0.6 is 22.9 Å². The molecule has 1 aromatic carbocycles. The van der Waals surface area contributed by atoms with E-state index >= 15 is 0 Å². The van der Waals surface area contributed by atoms with E-state index in [0.717, 1.165) is 36.1 Å². The van der Waals surface area contributed by atoms with Crippen LogP contribution in [0.25, 0.3) is 0 Å². The summed E-state index contributed by atoms with van der Waals surface area (Å²) in [6, 6.07) is 11.7. The molecule has 1 aliphatic rings. The predicted molar refractivity (Wildman–Crippen MR) is 106 cm³/mol. The SMILES string of the molecule is CC(O)(CN=C(N)N1CCN(c2ccc(Cl)cc2)CC1)c1cccs1. The van der Waals surface area contributed by atoms with Crippen LogP contribution in [-0.4, -0.2) is 48.7 Å². The fourth-order valence-electron chi connectivity index (χ4n) is 2.84. The molecule has 1 aliphatic heterocycles. The molecule has 3 N–H and O–H groups in total. The van der Waals surface area contributed by atoms with Crippen LogP contribution in [0.15, 0.2) is 46.8 Å². The summed E-state index contributed by atoms with van der Waals surface area (Å²) in [6.45, 7) is 5.39. The first-order chi connectivity index (χ1) is 12.0. The van der Waals surface area contributed by atoms with E-state index in [1.165, 1.54) is 17.0 Å². The lowest BCUT2D eigenvalue weighted by Crippen LogP contribution is -2.51. The topological polar surface area (TPSA) is 65.1 Å². The third kappa shape index (κ3) is 4.45. The van der Waals surface area contributed by atoms with Crippen LogP contribution in [0.1, 0.15) is 11.8 Å². The average molecular weight is 379 g/mol. The number of halogens is 1. The summed E-state index contributed by atoms with van der Waals surface area (Å²) in [5, 5.41) is 13.2. The highest BCUT2D eigenvalue weighted by molar-refractivity contribution is 7.10. The zero-order valence-corrected chi connectivity index (χ0v) is 15.8. The van der Waals surface area contributed by atoms with Crippen molar-refractivity contribution in [3.63, 3.8) is 0 Å². The molecule has 0 saturated carbocycles. The molecule has 0 bridgehead atoms. The minimum Gasteiger partial charge on any atom is -0.383 e. The first-order valence-electron chi connectivity index (χ1n) is 8.27. The molecule has 0 spiro atoms. The molecule has 1 unspecified atom stereocenters.